The molecule has 2 atom stereocenters. The summed E-state index contributed by atoms with van der Waals surface area (Å²) < 4.78 is 4.75. The molecule has 1 rings (SSSR count). The maximum Gasteiger partial charge on any atom is 0.333 e. The molecule has 144 valence electrons. The van der Waals surface area contributed by atoms with Crippen LogP contribution in [-0.4, -0.2) is 23.1 Å². The average Bonchev–Trinajstić information content (AvgIpc) is 2.65. The van der Waals surface area contributed by atoms with Gasteiger partial charge in [-0.15, -0.1) is 0 Å². The molecular formula is C20H29NO5. The zero-order chi connectivity index (χ0) is 19.5. The Morgan fingerprint density at radius 3 is 2.31 bits per heavy atom. The minimum absolute atomic E-state index is 0.0415. The number of carbonyl (C=O) groups excluding carboxylic acids is 1. The lowest BCUT2D eigenvalue weighted by Crippen LogP contribution is -2.21. The van der Waals surface area contributed by atoms with Crippen molar-refractivity contribution in [3.8, 4) is 0 Å². The molecular weight excluding hydrogens is 334 g/mol. The number of nitrogens with zero attached hydrogens (tertiary/aromatic N) is 1. The van der Waals surface area contributed by atoms with Gasteiger partial charge in [-0.1, -0.05) is 52.0 Å². The average molecular weight is 363 g/mol. The number of benzene rings is 1. The predicted molar refractivity (Wildman–Crippen MR) is 101 cm³/mol. The van der Waals surface area contributed by atoms with Gasteiger partial charge in [0.15, 0.2) is 0 Å². The van der Waals surface area contributed by atoms with E-state index in [-0.39, 0.29) is 11.3 Å². The SMILES string of the molecule is C=C(C(=O)OC)[C@@H](CCCCCCCC)[C@H](O)c1ccc([N+](=O)[O-])cc1. The maximum atomic E-state index is 11.9. The van der Waals surface area contributed by atoms with Crippen LogP contribution in [0.2, 0.25) is 0 Å². The van der Waals surface area contributed by atoms with E-state index in [4.69, 9.17) is 4.74 Å². The van der Waals surface area contributed by atoms with Crippen LogP contribution in [0.15, 0.2) is 36.4 Å². The van der Waals surface area contributed by atoms with E-state index < -0.39 is 22.9 Å². The van der Waals surface area contributed by atoms with Gasteiger partial charge in [0.05, 0.1) is 18.1 Å². The number of hydrogen-bond acceptors (Lipinski definition) is 5. The van der Waals surface area contributed by atoms with Crippen LogP contribution >= 0.6 is 0 Å². The molecule has 0 bridgehead atoms. The van der Waals surface area contributed by atoms with Crippen LogP contribution in [0.1, 0.15) is 63.5 Å². The van der Waals surface area contributed by atoms with E-state index in [1.807, 2.05) is 0 Å². The summed E-state index contributed by atoms with van der Waals surface area (Å²) in [6.45, 7) is 5.97. The number of esters is 1. The van der Waals surface area contributed by atoms with Crippen LogP contribution in [0.4, 0.5) is 5.69 Å². The Labute approximate surface area is 155 Å². The van der Waals surface area contributed by atoms with E-state index >= 15 is 0 Å². The smallest absolute Gasteiger partial charge is 0.333 e. The Bertz CT molecular complexity index is 597. The van der Waals surface area contributed by atoms with Gasteiger partial charge >= 0.3 is 5.97 Å². The highest BCUT2D eigenvalue weighted by Gasteiger charge is 2.28. The Hall–Kier alpha value is -2.21. The molecule has 0 heterocycles. The molecule has 6 heteroatoms. The van der Waals surface area contributed by atoms with E-state index in [2.05, 4.69) is 13.5 Å². The first-order valence-electron chi connectivity index (χ1n) is 9.11. The summed E-state index contributed by atoms with van der Waals surface area (Å²) in [5.41, 5.74) is 0.712. The van der Waals surface area contributed by atoms with Crippen molar-refractivity contribution in [3.63, 3.8) is 0 Å². The van der Waals surface area contributed by atoms with Crippen molar-refractivity contribution in [2.24, 2.45) is 5.92 Å². The highest BCUT2D eigenvalue weighted by molar-refractivity contribution is 5.88. The van der Waals surface area contributed by atoms with Gasteiger partial charge in [0.2, 0.25) is 0 Å². The van der Waals surface area contributed by atoms with Gasteiger partial charge in [-0.3, -0.25) is 10.1 Å². The van der Waals surface area contributed by atoms with Crippen LogP contribution in [0.5, 0.6) is 0 Å². The molecule has 0 saturated heterocycles. The largest absolute Gasteiger partial charge is 0.466 e. The standard InChI is InChI=1S/C20H29NO5/c1-4-5-6-7-8-9-10-18(15(2)20(23)26-3)19(22)16-11-13-17(14-12-16)21(24)25/h11-14,18-19,22H,2,4-10H2,1,3H3/t18-,19-/m1/s1. The second-order valence-corrected chi connectivity index (χ2v) is 6.47. The van der Waals surface area contributed by atoms with E-state index in [9.17, 15) is 20.0 Å². The van der Waals surface area contributed by atoms with Gasteiger partial charge in [-0.25, -0.2) is 4.79 Å². The molecule has 0 fully saturated rings. The van der Waals surface area contributed by atoms with Gasteiger partial charge < -0.3 is 9.84 Å². The molecule has 0 aromatic heterocycles. The number of unbranched alkanes of at least 4 members (excludes halogenated alkanes) is 5. The number of ether oxygens (including phenoxy) is 1. The van der Waals surface area contributed by atoms with Crippen molar-refractivity contribution in [1.29, 1.82) is 0 Å². The molecule has 0 unspecified atom stereocenters. The van der Waals surface area contributed by atoms with Crippen LogP contribution < -0.4 is 0 Å². The number of aliphatic hydroxyl groups is 1. The zero-order valence-electron chi connectivity index (χ0n) is 15.6. The van der Waals surface area contributed by atoms with Gasteiger partial charge in [-0.2, -0.15) is 0 Å². The number of nitro groups is 1. The summed E-state index contributed by atoms with van der Waals surface area (Å²) in [6, 6.07) is 5.73. The van der Waals surface area contributed by atoms with E-state index in [0.29, 0.717) is 12.0 Å². The minimum atomic E-state index is -0.960. The quantitative estimate of drug-likeness (QED) is 0.191. The summed E-state index contributed by atoms with van der Waals surface area (Å²) in [5, 5.41) is 21.5. The van der Waals surface area contributed by atoms with Crippen molar-refractivity contribution < 1.29 is 19.6 Å². The molecule has 0 saturated carbocycles. The highest BCUT2D eigenvalue weighted by atomic mass is 16.6. The fraction of sp³-hybridized carbons (Fsp3) is 0.550. The molecule has 6 nitrogen and oxygen atoms in total. The van der Waals surface area contributed by atoms with Gasteiger partial charge in [0.25, 0.3) is 5.69 Å². The summed E-state index contributed by atoms with van der Waals surface area (Å²) in [4.78, 5) is 22.2. The number of methoxy groups -OCH3 is 1. The van der Waals surface area contributed by atoms with Gasteiger partial charge in [-0.05, 0) is 24.1 Å². The molecule has 0 aliphatic carbocycles. The molecule has 1 aromatic rings. The van der Waals surface area contributed by atoms with Crippen LogP contribution in [0, 0.1) is 16.0 Å². The Balaban J connectivity index is 2.80. The highest BCUT2D eigenvalue weighted by Crippen LogP contribution is 2.33. The normalized spacial score (nSPS) is 13.0. The van der Waals surface area contributed by atoms with E-state index in [1.165, 1.54) is 50.6 Å². The molecule has 0 radical (unpaired) electrons. The Morgan fingerprint density at radius 2 is 1.77 bits per heavy atom. The number of aliphatic hydroxyl groups excluding tert-OH is 1. The number of carbonyl (C=O) groups is 1. The number of nitro benzene ring substituents is 1. The van der Waals surface area contributed by atoms with Crippen LogP contribution in [-0.2, 0) is 9.53 Å². The molecule has 1 N–H and O–H groups in total. The lowest BCUT2D eigenvalue weighted by Gasteiger charge is -2.24. The third kappa shape index (κ3) is 6.59. The number of hydrogen-bond donors (Lipinski definition) is 1. The lowest BCUT2D eigenvalue weighted by molar-refractivity contribution is -0.384. The second-order valence-electron chi connectivity index (χ2n) is 6.47. The van der Waals surface area contributed by atoms with E-state index in [1.54, 1.807) is 0 Å². The zero-order valence-corrected chi connectivity index (χ0v) is 15.6. The fourth-order valence-corrected chi connectivity index (χ4v) is 2.98. The summed E-state index contributed by atoms with van der Waals surface area (Å²) in [6.07, 6.45) is 6.25. The Morgan fingerprint density at radius 1 is 1.19 bits per heavy atom. The first-order chi connectivity index (χ1) is 12.4. The van der Waals surface area contributed by atoms with Crippen molar-refractivity contribution in [3.05, 3.63) is 52.1 Å². The maximum absolute atomic E-state index is 11.9. The third-order valence-electron chi connectivity index (χ3n) is 4.59. The van der Waals surface area contributed by atoms with Crippen molar-refractivity contribution in [2.45, 2.75) is 58.0 Å². The Kier molecular flexibility index (Phi) is 9.58. The van der Waals surface area contributed by atoms with Gasteiger partial charge in [0, 0.05) is 23.6 Å². The molecule has 0 aliphatic heterocycles. The summed E-state index contributed by atoms with van der Waals surface area (Å²) in [5.74, 6) is -1.02. The topological polar surface area (TPSA) is 89.7 Å². The van der Waals surface area contributed by atoms with E-state index in [0.717, 1.165) is 19.3 Å². The third-order valence-corrected chi connectivity index (χ3v) is 4.59. The monoisotopic (exact) mass is 363 g/mol. The summed E-state index contributed by atoms with van der Waals surface area (Å²) >= 11 is 0. The number of rotatable bonds is 12. The molecule has 0 aliphatic rings. The predicted octanol–water partition coefficient (Wildman–Crippen LogP) is 4.72. The molecule has 1 aromatic carbocycles. The van der Waals surface area contributed by atoms with Crippen molar-refractivity contribution in [1.82, 2.24) is 0 Å². The minimum Gasteiger partial charge on any atom is -0.466 e. The van der Waals surface area contributed by atoms with Gasteiger partial charge in [0.1, 0.15) is 0 Å². The molecule has 0 amide bonds. The fourth-order valence-electron chi connectivity index (χ4n) is 2.98. The first kappa shape index (κ1) is 21.8. The summed E-state index contributed by atoms with van der Waals surface area (Å²) in [7, 11) is 1.29. The first-order valence-corrected chi connectivity index (χ1v) is 9.11. The number of non-ortho nitro benzene ring substituents is 1. The molecule has 26 heavy (non-hydrogen) atoms. The second kappa shape index (κ2) is 11.4. The van der Waals surface area contributed by atoms with Crippen LogP contribution in [0.25, 0.3) is 0 Å². The lowest BCUT2D eigenvalue weighted by atomic mass is 9.85. The van der Waals surface area contributed by atoms with Crippen LogP contribution in [0.3, 0.4) is 0 Å². The van der Waals surface area contributed by atoms with Crippen molar-refractivity contribution in [2.75, 3.05) is 7.11 Å². The molecule has 0 spiro atoms. The van der Waals surface area contributed by atoms with Crippen molar-refractivity contribution >= 4 is 11.7 Å².